The van der Waals surface area contributed by atoms with Crippen LogP contribution in [-0.4, -0.2) is 36.6 Å². The van der Waals surface area contributed by atoms with Gasteiger partial charge in [-0.15, -0.1) is 12.4 Å². The summed E-state index contributed by atoms with van der Waals surface area (Å²) in [7, 11) is 0. The average molecular weight is 362 g/mol. The summed E-state index contributed by atoms with van der Waals surface area (Å²) in [5.74, 6) is -0.272. The van der Waals surface area contributed by atoms with Crippen LogP contribution in [0.2, 0.25) is 0 Å². The number of carbonyl (C=O) groups is 2. The van der Waals surface area contributed by atoms with Crippen LogP contribution in [0.5, 0.6) is 0 Å². The number of nitrogens with zero attached hydrogens (tertiary/aromatic N) is 1. The highest BCUT2D eigenvalue weighted by atomic mass is 35.5. The van der Waals surface area contributed by atoms with Crippen molar-refractivity contribution in [3.8, 4) is 0 Å². The van der Waals surface area contributed by atoms with E-state index in [1.165, 1.54) is 11.3 Å². The molecule has 0 spiro atoms. The fraction of sp³-hybridized carbons (Fsp3) is 0.667. The summed E-state index contributed by atoms with van der Waals surface area (Å²) >= 11 is 1.19. The maximum atomic E-state index is 12.3. The molecule has 0 aromatic carbocycles. The van der Waals surface area contributed by atoms with Crippen LogP contribution in [0.25, 0.3) is 0 Å². The number of ether oxygens (including phenoxy) is 1. The molecule has 1 fully saturated rings. The lowest BCUT2D eigenvalue weighted by Crippen LogP contribution is -2.34. The molecule has 1 saturated heterocycles. The van der Waals surface area contributed by atoms with Gasteiger partial charge in [-0.05, 0) is 38.8 Å². The third-order valence-electron chi connectivity index (χ3n) is 3.60. The third-order valence-corrected chi connectivity index (χ3v) is 4.57. The van der Waals surface area contributed by atoms with E-state index in [-0.39, 0.29) is 36.1 Å². The number of thiazole rings is 1. The van der Waals surface area contributed by atoms with E-state index in [9.17, 15) is 9.59 Å². The van der Waals surface area contributed by atoms with Gasteiger partial charge >= 0.3 is 5.97 Å². The molecule has 6 nitrogen and oxygen atoms in total. The van der Waals surface area contributed by atoms with Crippen molar-refractivity contribution < 1.29 is 14.3 Å². The molecule has 0 radical (unpaired) electrons. The van der Waals surface area contributed by atoms with Crippen LogP contribution in [0, 0.1) is 5.92 Å². The molecule has 2 heterocycles. The number of carbonyl (C=O) groups excluding carboxylic acids is 2. The van der Waals surface area contributed by atoms with Gasteiger partial charge in [0, 0.05) is 5.92 Å². The van der Waals surface area contributed by atoms with Gasteiger partial charge in [0.1, 0.15) is 4.88 Å². The molecule has 1 aliphatic rings. The summed E-state index contributed by atoms with van der Waals surface area (Å²) in [6.45, 7) is 7.76. The van der Waals surface area contributed by atoms with Crippen LogP contribution in [0.15, 0.2) is 0 Å². The molecule has 0 atom stereocenters. The summed E-state index contributed by atoms with van der Waals surface area (Å²) in [6.07, 6.45) is 1.66. The lowest BCUT2D eigenvalue weighted by atomic mass is 9.97. The van der Waals surface area contributed by atoms with Gasteiger partial charge < -0.3 is 15.4 Å². The predicted molar refractivity (Wildman–Crippen MR) is 93.6 cm³/mol. The van der Waals surface area contributed by atoms with E-state index in [1.807, 2.05) is 13.8 Å². The van der Waals surface area contributed by atoms with E-state index >= 15 is 0 Å². The molecule has 0 bridgehead atoms. The fourth-order valence-corrected chi connectivity index (χ4v) is 3.43. The molecule has 8 heteroatoms. The molecular formula is C15H24ClN3O3S. The topological polar surface area (TPSA) is 80.3 Å². The first kappa shape index (κ1) is 19.9. The van der Waals surface area contributed by atoms with Gasteiger partial charge in [0.2, 0.25) is 5.91 Å². The SMILES string of the molecule is CCOC(=O)c1sc(NC(=O)C2CCNCC2)nc1C(C)C.Cl. The van der Waals surface area contributed by atoms with E-state index in [1.54, 1.807) is 6.92 Å². The van der Waals surface area contributed by atoms with Gasteiger partial charge in [0.15, 0.2) is 5.13 Å². The number of hydrogen-bond acceptors (Lipinski definition) is 6. The zero-order valence-corrected chi connectivity index (χ0v) is 15.3. The molecule has 1 aromatic rings. The standard InChI is InChI=1S/C15H23N3O3S.ClH/c1-4-21-14(20)12-11(9(2)3)17-15(22-12)18-13(19)10-5-7-16-8-6-10;/h9-10,16H,4-8H2,1-3H3,(H,17,18,19);1H. The van der Waals surface area contributed by atoms with Crippen molar-refractivity contribution in [1.82, 2.24) is 10.3 Å². The van der Waals surface area contributed by atoms with Crippen LogP contribution in [0.4, 0.5) is 5.13 Å². The molecule has 0 unspecified atom stereocenters. The number of aromatic nitrogens is 1. The highest BCUT2D eigenvalue weighted by Gasteiger charge is 2.25. The zero-order chi connectivity index (χ0) is 16.1. The Balaban J connectivity index is 0.00000264. The maximum absolute atomic E-state index is 12.3. The van der Waals surface area contributed by atoms with Gasteiger partial charge in [-0.25, -0.2) is 9.78 Å². The number of rotatable bonds is 5. The number of nitrogens with one attached hydrogen (secondary N) is 2. The van der Waals surface area contributed by atoms with Crippen molar-refractivity contribution in [1.29, 1.82) is 0 Å². The van der Waals surface area contributed by atoms with Crippen molar-refractivity contribution in [2.75, 3.05) is 25.0 Å². The fourth-order valence-electron chi connectivity index (χ4n) is 2.41. The second-order valence-electron chi connectivity index (χ2n) is 5.62. The van der Waals surface area contributed by atoms with Crippen molar-refractivity contribution in [3.63, 3.8) is 0 Å². The van der Waals surface area contributed by atoms with E-state index in [0.717, 1.165) is 25.9 Å². The molecule has 1 aliphatic heterocycles. The van der Waals surface area contributed by atoms with Crippen molar-refractivity contribution in [3.05, 3.63) is 10.6 Å². The summed E-state index contributed by atoms with van der Waals surface area (Å²) in [5.41, 5.74) is 0.684. The van der Waals surface area contributed by atoms with Crippen LogP contribution in [0.1, 0.15) is 54.9 Å². The van der Waals surface area contributed by atoms with E-state index in [2.05, 4.69) is 15.6 Å². The van der Waals surface area contributed by atoms with Crippen LogP contribution >= 0.6 is 23.7 Å². The number of halogens is 1. The van der Waals surface area contributed by atoms with E-state index in [0.29, 0.717) is 22.3 Å². The Morgan fingerprint density at radius 1 is 1.39 bits per heavy atom. The van der Waals surface area contributed by atoms with Crippen molar-refractivity contribution in [2.24, 2.45) is 5.92 Å². The minimum atomic E-state index is -0.369. The third kappa shape index (κ3) is 5.16. The van der Waals surface area contributed by atoms with Gasteiger partial charge in [-0.3, -0.25) is 4.79 Å². The van der Waals surface area contributed by atoms with Gasteiger partial charge in [-0.2, -0.15) is 0 Å². The molecule has 2 rings (SSSR count). The monoisotopic (exact) mass is 361 g/mol. The summed E-state index contributed by atoms with van der Waals surface area (Å²) in [5, 5.41) is 6.58. The lowest BCUT2D eigenvalue weighted by molar-refractivity contribution is -0.120. The van der Waals surface area contributed by atoms with Crippen LogP contribution in [0.3, 0.4) is 0 Å². The Hall–Kier alpha value is -1.18. The Morgan fingerprint density at radius 3 is 2.61 bits per heavy atom. The van der Waals surface area contributed by atoms with Gasteiger partial charge in [0.05, 0.1) is 12.3 Å². The Labute approximate surface area is 146 Å². The van der Waals surface area contributed by atoms with Gasteiger partial charge in [-0.1, -0.05) is 25.2 Å². The molecule has 23 heavy (non-hydrogen) atoms. The number of amides is 1. The molecule has 2 N–H and O–H groups in total. The molecule has 1 amide bonds. The maximum Gasteiger partial charge on any atom is 0.350 e. The van der Waals surface area contributed by atoms with E-state index < -0.39 is 0 Å². The highest BCUT2D eigenvalue weighted by molar-refractivity contribution is 7.17. The second-order valence-corrected chi connectivity index (χ2v) is 6.62. The minimum Gasteiger partial charge on any atom is -0.462 e. The largest absolute Gasteiger partial charge is 0.462 e. The molecule has 0 saturated carbocycles. The van der Waals surface area contributed by atoms with Crippen molar-refractivity contribution in [2.45, 2.75) is 39.5 Å². The Kier molecular flexibility index (Phi) is 7.94. The first-order valence-corrected chi connectivity index (χ1v) is 8.54. The quantitative estimate of drug-likeness (QED) is 0.788. The van der Waals surface area contributed by atoms with Crippen molar-refractivity contribution >= 4 is 40.8 Å². The van der Waals surface area contributed by atoms with Gasteiger partial charge in [0.25, 0.3) is 0 Å². The molecule has 1 aromatic heterocycles. The van der Waals surface area contributed by atoms with Crippen LogP contribution < -0.4 is 10.6 Å². The molecule has 130 valence electrons. The van der Waals surface area contributed by atoms with Crippen LogP contribution in [-0.2, 0) is 9.53 Å². The minimum absolute atomic E-state index is 0. The van der Waals surface area contributed by atoms with E-state index in [4.69, 9.17) is 4.74 Å². The number of anilines is 1. The molecule has 0 aliphatic carbocycles. The summed E-state index contributed by atoms with van der Waals surface area (Å²) in [4.78, 5) is 29.2. The number of esters is 1. The Bertz CT molecular complexity index is 542. The summed E-state index contributed by atoms with van der Waals surface area (Å²) < 4.78 is 5.06. The second kappa shape index (κ2) is 9.20. The Morgan fingerprint density at radius 2 is 2.04 bits per heavy atom. The predicted octanol–water partition coefficient (Wildman–Crippen LogP) is 2.80. The lowest BCUT2D eigenvalue weighted by Gasteiger charge is -2.21. The summed E-state index contributed by atoms with van der Waals surface area (Å²) in [6, 6.07) is 0. The average Bonchev–Trinajstić information content (AvgIpc) is 2.92. The normalized spacial score (nSPS) is 15.1. The number of hydrogen-bond donors (Lipinski definition) is 2. The highest BCUT2D eigenvalue weighted by Crippen LogP contribution is 2.29. The first-order valence-electron chi connectivity index (χ1n) is 7.72. The zero-order valence-electron chi connectivity index (χ0n) is 13.7. The molecular weight excluding hydrogens is 338 g/mol. The smallest absolute Gasteiger partial charge is 0.350 e. The first-order chi connectivity index (χ1) is 10.5. The number of piperidine rings is 1.